The Morgan fingerprint density at radius 3 is 2.64 bits per heavy atom. The summed E-state index contributed by atoms with van der Waals surface area (Å²) >= 11 is 0. The normalized spacial score (nSPS) is 12.1. The van der Waals surface area contributed by atoms with Gasteiger partial charge in [0.15, 0.2) is 0 Å². The minimum atomic E-state index is -0.640. The standard InChI is InChI=1S/C18H23N3O4/c1-2-20(12-10-15-5-3-4-11-19-15)13-17(22)14-25-18-8-6-16(7-9-18)21(23)24/h3-9,11,17,22H,2,10,12-14H2,1H3. The fourth-order valence-electron chi connectivity index (χ4n) is 2.40. The predicted molar refractivity (Wildman–Crippen MR) is 94.7 cm³/mol. The predicted octanol–water partition coefficient (Wildman–Crippen LogP) is 2.29. The van der Waals surface area contributed by atoms with Crippen molar-refractivity contribution in [2.45, 2.75) is 19.4 Å². The summed E-state index contributed by atoms with van der Waals surface area (Å²) in [6.45, 7) is 4.31. The molecule has 0 fully saturated rings. The fourth-order valence-corrected chi connectivity index (χ4v) is 2.40. The molecule has 7 heteroatoms. The van der Waals surface area contributed by atoms with Crippen LogP contribution in [0.1, 0.15) is 12.6 Å². The first-order valence-corrected chi connectivity index (χ1v) is 8.26. The van der Waals surface area contributed by atoms with E-state index in [1.165, 1.54) is 24.3 Å². The number of rotatable bonds is 10. The third-order valence-electron chi connectivity index (χ3n) is 3.82. The summed E-state index contributed by atoms with van der Waals surface area (Å²) in [7, 11) is 0. The number of benzene rings is 1. The van der Waals surface area contributed by atoms with Gasteiger partial charge in [0.2, 0.25) is 0 Å². The summed E-state index contributed by atoms with van der Waals surface area (Å²) in [5, 5.41) is 20.8. The van der Waals surface area contributed by atoms with E-state index in [4.69, 9.17) is 4.74 Å². The lowest BCUT2D eigenvalue weighted by atomic mass is 10.2. The van der Waals surface area contributed by atoms with E-state index >= 15 is 0 Å². The molecule has 2 aromatic rings. The van der Waals surface area contributed by atoms with E-state index < -0.39 is 11.0 Å². The number of hydrogen-bond donors (Lipinski definition) is 1. The molecule has 1 aromatic heterocycles. The number of pyridine rings is 1. The maximum absolute atomic E-state index is 10.6. The third-order valence-corrected chi connectivity index (χ3v) is 3.82. The molecule has 0 amide bonds. The molecule has 1 N–H and O–H groups in total. The van der Waals surface area contributed by atoms with Crippen molar-refractivity contribution in [1.82, 2.24) is 9.88 Å². The molecule has 1 atom stereocenters. The van der Waals surface area contributed by atoms with E-state index in [9.17, 15) is 15.2 Å². The minimum Gasteiger partial charge on any atom is -0.491 e. The fraction of sp³-hybridized carbons (Fsp3) is 0.389. The van der Waals surface area contributed by atoms with Crippen LogP contribution in [0.4, 0.5) is 5.69 Å². The van der Waals surface area contributed by atoms with E-state index in [0.29, 0.717) is 12.3 Å². The Balaban J connectivity index is 1.75. The number of aliphatic hydroxyl groups is 1. The topological polar surface area (TPSA) is 88.7 Å². The maximum atomic E-state index is 10.6. The van der Waals surface area contributed by atoms with E-state index in [0.717, 1.165) is 25.2 Å². The van der Waals surface area contributed by atoms with Gasteiger partial charge in [-0.1, -0.05) is 13.0 Å². The minimum absolute atomic E-state index is 0.0135. The van der Waals surface area contributed by atoms with E-state index in [-0.39, 0.29) is 12.3 Å². The quantitative estimate of drug-likeness (QED) is 0.525. The lowest BCUT2D eigenvalue weighted by molar-refractivity contribution is -0.384. The summed E-state index contributed by atoms with van der Waals surface area (Å²) in [5.41, 5.74) is 1.04. The zero-order valence-corrected chi connectivity index (χ0v) is 14.2. The Labute approximate surface area is 147 Å². The Hall–Kier alpha value is -2.51. The van der Waals surface area contributed by atoms with Crippen molar-refractivity contribution in [2.24, 2.45) is 0 Å². The van der Waals surface area contributed by atoms with Crippen molar-refractivity contribution in [3.63, 3.8) is 0 Å². The van der Waals surface area contributed by atoms with E-state index in [1.54, 1.807) is 6.20 Å². The highest BCUT2D eigenvalue weighted by Crippen LogP contribution is 2.17. The summed E-state index contributed by atoms with van der Waals surface area (Å²) in [6.07, 6.45) is 1.96. The van der Waals surface area contributed by atoms with Crippen LogP contribution in [-0.4, -0.2) is 52.3 Å². The molecule has 0 radical (unpaired) electrons. The lowest BCUT2D eigenvalue weighted by Gasteiger charge is -2.23. The van der Waals surface area contributed by atoms with Crippen molar-refractivity contribution in [3.05, 3.63) is 64.5 Å². The second-order valence-corrected chi connectivity index (χ2v) is 5.68. The smallest absolute Gasteiger partial charge is 0.269 e. The SMILES string of the molecule is CCN(CCc1ccccn1)CC(O)COc1ccc([N+](=O)[O-])cc1. The Morgan fingerprint density at radius 2 is 2.04 bits per heavy atom. The van der Waals surface area contributed by atoms with Gasteiger partial charge in [-0.25, -0.2) is 0 Å². The van der Waals surface area contributed by atoms with Gasteiger partial charge in [-0.2, -0.15) is 0 Å². The molecule has 1 heterocycles. The van der Waals surface area contributed by atoms with Crippen molar-refractivity contribution in [2.75, 3.05) is 26.2 Å². The van der Waals surface area contributed by atoms with Crippen LogP contribution in [0.3, 0.4) is 0 Å². The second kappa shape index (κ2) is 9.71. The molecule has 0 bridgehead atoms. The molecule has 134 valence electrons. The number of aliphatic hydroxyl groups excluding tert-OH is 1. The average Bonchev–Trinajstić information content (AvgIpc) is 2.64. The van der Waals surface area contributed by atoms with Gasteiger partial charge >= 0.3 is 0 Å². The monoisotopic (exact) mass is 345 g/mol. The summed E-state index contributed by atoms with van der Waals surface area (Å²) in [5.74, 6) is 0.501. The molecule has 1 unspecified atom stereocenters. The highest BCUT2D eigenvalue weighted by Gasteiger charge is 2.12. The molecule has 0 spiro atoms. The highest BCUT2D eigenvalue weighted by atomic mass is 16.6. The Morgan fingerprint density at radius 1 is 1.28 bits per heavy atom. The number of nitro groups is 1. The lowest BCUT2D eigenvalue weighted by Crippen LogP contribution is -2.36. The maximum Gasteiger partial charge on any atom is 0.269 e. The van der Waals surface area contributed by atoms with Crippen molar-refractivity contribution < 1.29 is 14.8 Å². The van der Waals surface area contributed by atoms with Gasteiger partial charge in [0.25, 0.3) is 5.69 Å². The molecule has 0 aliphatic rings. The van der Waals surface area contributed by atoms with Crippen molar-refractivity contribution in [3.8, 4) is 5.75 Å². The second-order valence-electron chi connectivity index (χ2n) is 5.68. The Bertz CT molecular complexity index is 649. The van der Waals surface area contributed by atoms with Crippen LogP contribution in [0.2, 0.25) is 0 Å². The first-order chi connectivity index (χ1) is 12.1. The molecule has 25 heavy (non-hydrogen) atoms. The van der Waals surface area contributed by atoms with Crippen LogP contribution in [0.15, 0.2) is 48.7 Å². The van der Waals surface area contributed by atoms with Gasteiger partial charge in [-0.15, -0.1) is 0 Å². The van der Waals surface area contributed by atoms with Crippen LogP contribution in [0.25, 0.3) is 0 Å². The van der Waals surface area contributed by atoms with Gasteiger partial charge < -0.3 is 14.7 Å². The first-order valence-electron chi connectivity index (χ1n) is 8.26. The third kappa shape index (κ3) is 6.48. The number of aromatic nitrogens is 1. The largest absolute Gasteiger partial charge is 0.491 e. The summed E-state index contributed by atoms with van der Waals surface area (Å²) in [6, 6.07) is 11.7. The molecule has 0 aliphatic heterocycles. The molecular weight excluding hydrogens is 322 g/mol. The van der Waals surface area contributed by atoms with Gasteiger partial charge in [-0.05, 0) is 30.8 Å². The average molecular weight is 345 g/mol. The van der Waals surface area contributed by atoms with E-state index in [1.807, 2.05) is 25.1 Å². The van der Waals surface area contributed by atoms with Crippen LogP contribution in [0.5, 0.6) is 5.75 Å². The first kappa shape index (κ1) is 18.8. The number of non-ortho nitro benzene ring substituents is 1. The molecule has 2 rings (SSSR count). The number of likely N-dealkylation sites (N-methyl/N-ethyl adjacent to an activating group) is 1. The molecule has 7 nitrogen and oxygen atoms in total. The van der Waals surface area contributed by atoms with Gasteiger partial charge in [0.1, 0.15) is 18.5 Å². The number of hydrogen-bond acceptors (Lipinski definition) is 6. The van der Waals surface area contributed by atoms with Crippen LogP contribution >= 0.6 is 0 Å². The Kier molecular flexibility index (Phi) is 7.31. The summed E-state index contributed by atoms with van der Waals surface area (Å²) < 4.78 is 5.50. The molecule has 0 saturated heterocycles. The van der Waals surface area contributed by atoms with Crippen LogP contribution in [0, 0.1) is 10.1 Å². The number of nitro benzene ring substituents is 1. The van der Waals surface area contributed by atoms with Crippen LogP contribution in [-0.2, 0) is 6.42 Å². The molecule has 0 saturated carbocycles. The van der Waals surface area contributed by atoms with E-state index in [2.05, 4.69) is 9.88 Å². The summed E-state index contributed by atoms with van der Waals surface area (Å²) in [4.78, 5) is 16.6. The van der Waals surface area contributed by atoms with Gasteiger partial charge in [0.05, 0.1) is 4.92 Å². The highest BCUT2D eigenvalue weighted by molar-refractivity contribution is 5.35. The molecule has 1 aromatic carbocycles. The molecule has 0 aliphatic carbocycles. The number of nitrogens with zero attached hydrogens (tertiary/aromatic N) is 3. The van der Waals surface area contributed by atoms with Crippen molar-refractivity contribution >= 4 is 5.69 Å². The van der Waals surface area contributed by atoms with Gasteiger partial charge in [-0.3, -0.25) is 15.1 Å². The van der Waals surface area contributed by atoms with Gasteiger partial charge in [0, 0.05) is 43.5 Å². The number of ether oxygens (including phenoxy) is 1. The van der Waals surface area contributed by atoms with Crippen LogP contribution < -0.4 is 4.74 Å². The molecular formula is C18H23N3O4. The zero-order chi connectivity index (χ0) is 18.1. The van der Waals surface area contributed by atoms with Crippen molar-refractivity contribution in [1.29, 1.82) is 0 Å². The zero-order valence-electron chi connectivity index (χ0n) is 14.2.